The van der Waals surface area contributed by atoms with Gasteiger partial charge >= 0.3 is 6.61 Å². The van der Waals surface area contributed by atoms with Crippen molar-refractivity contribution >= 4 is 11.8 Å². The van der Waals surface area contributed by atoms with E-state index in [9.17, 15) is 18.4 Å². The fourth-order valence-corrected chi connectivity index (χ4v) is 3.70. The summed E-state index contributed by atoms with van der Waals surface area (Å²) < 4.78 is 29.7. The third-order valence-electron chi connectivity index (χ3n) is 5.04. The van der Waals surface area contributed by atoms with E-state index in [1.807, 2.05) is 4.90 Å². The van der Waals surface area contributed by atoms with Gasteiger partial charge in [0.1, 0.15) is 5.75 Å². The van der Waals surface area contributed by atoms with E-state index in [1.165, 1.54) is 12.1 Å². The van der Waals surface area contributed by atoms with Crippen molar-refractivity contribution in [2.75, 3.05) is 39.3 Å². The molecule has 2 aliphatic rings. The molecule has 1 unspecified atom stereocenters. The maximum Gasteiger partial charge on any atom is 0.387 e. The normalized spacial score (nSPS) is 21.1. The first kappa shape index (κ1) is 19.5. The zero-order valence-corrected chi connectivity index (χ0v) is 15.2. The molecule has 2 fully saturated rings. The summed E-state index contributed by atoms with van der Waals surface area (Å²) in [5.41, 5.74) is 0.102. The maximum atomic E-state index is 12.9. The maximum absolute atomic E-state index is 12.9. The van der Waals surface area contributed by atoms with Crippen molar-refractivity contribution in [1.82, 2.24) is 15.1 Å². The Balaban J connectivity index is 1.69. The standard InChI is InChI=1S/C19H25F2N3O3/c20-19(21)27-16-7-2-1-6-15(16)18(26)24-10-3-5-14(13-24)17(25)23-11-4-8-22-9-12-23/h1-2,6-7,14,19,22H,3-5,8-13H2. The molecular weight excluding hydrogens is 356 g/mol. The molecule has 27 heavy (non-hydrogen) atoms. The number of piperidine rings is 1. The highest BCUT2D eigenvalue weighted by molar-refractivity contribution is 5.97. The van der Waals surface area contributed by atoms with Crippen molar-refractivity contribution in [2.24, 2.45) is 5.92 Å². The van der Waals surface area contributed by atoms with Crippen molar-refractivity contribution in [1.29, 1.82) is 0 Å². The number of hydrogen-bond donors (Lipinski definition) is 1. The van der Waals surface area contributed by atoms with Crippen LogP contribution in [-0.4, -0.2) is 67.5 Å². The highest BCUT2D eigenvalue weighted by Crippen LogP contribution is 2.26. The second kappa shape index (κ2) is 9.12. The van der Waals surface area contributed by atoms with E-state index in [2.05, 4.69) is 10.1 Å². The van der Waals surface area contributed by atoms with E-state index >= 15 is 0 Å². The summed E-state index contributed by atoms with van der Waals surface area (Å²) in [4.78, 5) is 29.2. The highest BCUT2D eigenvalue weighted by Gasteiger charge is 2.32. The smallest absolute Gasteiger partial charge is 0.387 e. The van der Waals surface area contributed by atoms with E-state index in [1.54, 1.807) is 17.0 Å². The quantitative estimate of drug-likeness (QED) is 0.866. The van der Waals surface area contributed by atoms with Crippen LogP contribution >= 0.6 is 0 Å². The fourth-order valence-electron chi connectivity index (χ4n) is 3.70. The number of carbonyl (C=O) groups is 2. The number of amides is 2. The van der Waals surface area contributed by atoms with Gasteiger partial charge in [-0.25, -0.2) is 0 Å². The predicted molar refractivity (Wildman–Crippen MR) is 95.8 cm³/mol. The second-order valence-electron chi connectivity index (χ2n) is 6.89. The minimum absolute atomic E-state index is 0.0771. The molecule has 2 heterocycles. The van der Waals surface area contributed by atoms with Crippen LogP contribution < -0.4 is 10.1 Å². The number of benzene rings is 1. The Kier molecular flexibility index (Phi) is 6.60. The number of alkyl halides is 2. The molecule has 2 saturated heterocycles. The van der Waals surface area contributed by atoms with Crippen LogP contribution in [0, 0.1) is 5.92 Å². The van der Waals surface area contributed by atoms with Crippen LogP contribution in [0.25, 0.3) is 0 Å². The number of carbonyl (C=O) groups excluding carboxylic acids is 2. The molecule has 2 amide bonds. The molecule has 1 aromatic rings. The SMILES string of the molecule is O=C(c1ccccc1OC(F)F)N1CCCC(C(=O)N2CCCNCC2)C1. The van der Waals surface area contributed by atoms with Crippen LogP contribution in [0.2, 0.25) is 0 Å². The van der Waals surface area contributed by atoms with Gasteiger partial charge in [-0.3, -0.25) is 9.59 Å². The summed E-state index contributed by atoms with van der Waals surface area (Å²) in [5, 5.41) is 3.27. The molecule has 8 heteroatoms. The van der Waals surface area contributed by atoms with Gasteiger partial charge in [0.15, 0.2) is 0 Å². The number of halogens is 2. The monoisotopic (exact) mass is 381 g/mol. The molecule has 0 saturated carbocycles. The van der Waals surface area contributed by atoms with Crippen LogP contribution in [0.1, 0.15) is 29.6 Å². The molecule has 0 radical (unpaired) electrons. The molecule has 1 atom stereocenters. The van der Waals surface area contributed by atoms with Gasteiger partial charge in [0.2, 0.25) is 5.91 Å². The zero-order chi connectivity index (χ0) is 19.2. The Morgan fingerprint density at radius 2 is 1.85 bits per heavy atom. The van der Waals surface area contributed by atoms with E-state index in [0.717, 1.165) is 32.5 Å². The number of ether oxygens (including phenoxy) is 1. The van der Waals surface area contributed by atoms with Crippen LogP contribution in [0.5, 0.6) is 5.75 Å². The number of para-hydroxylation sites is 1. The molecule has 148 valence electrons. The van der Waals surface area contributed by atoms with E-state index in [0.29, 0.717) is 26.1 Å². The Morgan fingerprint density at radius 3 is 2.67 bits per heavy atom. The Morgan fingerprint density at radius 1 is 1.07 bits per heavy atom. The summed E-state index contributed by atoms with van der Waals surface area (Å²) >= 11 is 0. The summed E-state index contributed by atoms with van der Waals surface area (Å²) in [7, 11) is 0. The average molecular weight is 381 g/mol. The molecule has 1 N–H and O–H groups in total. The van der Waals surface area contributed by atoms with Crippen LogP contribution in [0.3, 0.4) is 0 Å². The third-order valence-corrected chi connectivity index (χ3v) is 5.04. The van der Waals surface area contributed by atoms with E-state index in [4.69, 9.17) is 0 Å². The first-order valence-corrected chi connectivity index (χ1v) is 9.39. The summed E-state index contributed by atoms with van der Waals surface area (Å²) in [5.74, 6) is -0.678. The molecule has 0 aromatic heterocycles. The molecule has 1 aromatic carbocycles. The summed E-state index contributed by atoms with van der Waals surface area (Å²) in [6, 6.07) is 5.99. The van der Waals surface area contributed by atoms with Crippen LogP contribution in [0.4, 0.5) is 8.78 Å². The van der Waals surface area contributed by atoms with Crippen molar-refractivity contribution in [3.05, 3.63) is 29.8 Å². The van der Waals surface area contributed by atoms with Gasteiger partial charge in [-0.2, -0.15) is 8.78 Å². The largest absolute Gasteiger partial charge is 0.434 e. The van der Waals surface area contributed by atoms with Crippen molar-refractivity contribution < 1.29 is 23.1 Å². The first-order valence-electron chi connectivity index (χ1n) is 9.39. The Hall–Kier alpha value is -2.22. The minimum atomic E-state index is -2.99. The summed E-state index contributed by atoms with van der Waals surface area (Å²) in [6.45, 7) is 0.902. The van der Waals surface area contributed by atoms with Gasteiger partial charge in [-0.1, -0.05) is 12.1 Å². The lowest BCUT2D eigenvalue weighted by atomic mass is 9.95. The van der Waals surface area contributed by atoms with Crippen LogP contribution in [-0.2, 0) is 4.79 Å². The predicted octanol–water partition coefficient (Wildman–Crippen LogP) is 1.96. The highest BCUT2D eigenvalue weighted by atomic mass is 19.3. The lowest BCUT2D eigenvalue weighted by Gasteiger charge is -2.35. The second-order valence-corrected chi connectivity index (χ2v) is 6.89. The molecule has 0 aliphatic carbocycles. The number of rotatable bonds is 4. The summed E-state index contributed by atoms with van der Waals surface area (Å²) in [6.07, 6.45) is 2.37. The van der Waals surface area contributed by atoms with Gasteiger partial charge in [-0.15, -0.1) is 0 Å². The van der Waals surface area contributed by atoms with Crippen LogP contribution in [0.15, 0.2) is 24.3 Å². The lowest BCUT2D eigenvalue weighted by molar-refractivity contribution is -0.136. The zero-order valence-electron chi connectivity index (χ0n) is 15.2. The topological polar surface area (TPSA) is 61.9 Å². The van der Waals surface area contributed by atoms with Gasteiger partial charge < -0.3 is 19.9 Å². The molecule has 0 spiro atoms. The fraction of sp³-hybridized carbons (Fsp3) is 0.579. The lowest BCUT2D eigenvalue weighted by Crippen LogP contribution is -2.47. The minimum Gasteiger partial charge on any atom is -0.434 e. The van der Waals surface area contributed by atoms with Gasteiger partial charge in [-0.05, 0) is 37.9 Å². The molecular formula is C19H25F2N3O3. The molecule has 6 nitrogen and oxygen atoms in total. The molecule has 2 aliphatic heterocycles. The molecule has 0 bridgehead atoms. The van der Waals surface area contributed by atoms with E-state index in [-0.39, 0.29) is 29.0 Å². The van der Waals surface area contributed by atoms with Gasteiger partial charge in [0.25, 0.3) is 5.91 Å². The first-order chi connectivity index (χ1) is 13.1. The van der Waals surface area contributed by atoms with Crippen molar-refractivity contribution in [3.63, 3.8) is 0 Å². The number of likely N-dealkylation sites (tertiary alicyclic amines) is 1. The van der Waals surface area contributed by atoms with Crippen molar-refractivity contribution in [2.45, 2.75) is 25.9 Å². The van der Waals surface area contributed by atoms with E-state index < -0.39 is 6.61 Å². The van der Waals surface area contributed by atoms with Crippen molar-refractivity contribution in [3.8, 4) is 5.75 Å². The van der Waals surface area contributed by atoms with Gasteiger partial charge in [0, 0.05) is 32.7 Å². The number of nitrogens with zero attached hydrogens (tertiary/aromatic N) is 2. The number of nitrogens with one attached hydrogen (secondary N) is 1. The average Bonchev–Trinajstić information content (AvgIpc) is 2.96. The Bertz CT molecular complexity index is 663. The molecule has 3 rings (SSSR count). The Labute approximate surface area is 157 Å². The number of hydrogen-bond acceptors (Lipinski definition) is 4. The third kappa shape index (κ3) is 4.94. The van der Waals surface area contributed by atoms with Gasteiger partial charge in [0.05, 0.1) is 11.5 Å².